The van der Waals surface area contributed by atoms with Crippen LogP contribution in [0.2, 0.25) is 0 Å². The van der Waals surface area contributed by atoms with Gasteiger partial charge < -0.3 is 33.2 Å². The van der Waals surface area contributed by atoms with Crippen molar-refractivity contribution in [2.45, 2.75) is 89.7 Å². The van der Waals surface area contributed by atoms with E-state index in [4.69, 9.17) is 33.2 Å². The molecule has 4 aromatic carbocycles. The quantitative estimate of drug-likeness (QED) is 0.131. The van der Waals surface area contributed by atoms with Gasteiger partial charge in [0.15, 0.2) is 5.78 Å². The number of hydrogen-bond acceptors (Lipinski definition) is 9. The molecule has 10 nitrogen and oxygen atoms in total. The lowest BCUT2D eigenvalue weighted by atomic mass is 9.97. The minimum absolute atomic E-state index is 0.0606. The molecule has 0 saturated carbocycles. The van der Waals surface area contributed by atoms with Crippen LogP contribution < -0.4 is 0 Å². The third-order valence-corrected chi connectivity index (χ3v) is 9.21. The topological polar surface area (TPSA) is 102 Å². The monoisotopic (exact) mass is 709 g/mol. The van der Waals surface area contributed by atoms with Crippen LogP contribution in [0.4, 0.5) is 4.79 Å². The van der Waals surface area contributed by atoms with Crippen LogP contribution in [0.5, 0.6) is 0 Å². The minimum Gasteiger partial charge on any atom is -0.416 e. The van der Waals surface area contributed by atoms with E-state index in [-0.39, 0.29) is 38.8 Å². The molecule has 274 valence electrons. The van der Waals surface area contributed by atoms with Gasteiger partial charge in [-0.15, -0.1) is 0 Å². The molecule has 0 bridgehead atoms. The lowest BCUT2D eigenvalue weighted by molar-refractivity contribution is -0.317. The Balaban J connectivity index is 1.34. The summed E-state index contributed by atoms with van der Waals surface area (Å²) in [6.45, 7) is 6.07. The fourth-order valence-electron chi connectivity index (χ4n) is 6.45. The average Bonchev–Trinajstić information content (AvgIpc) is 3.49. The van der Waals surface area contributed by atoms with E-state index in [1.165, 1.54) is 11.8 Å². The van der Waals surface area contributed by atoms with Gasteiger partial charge in [0.25, 0.3) is 0 Å². The predicted molar refractivity (Wildman–Crippen MR) is 193 cm³/mol. The summed E-state index contributed by atoms with van der Waals surface area (Å²) in [5.74, 6) is -0.213. The van der Waals surface area contributed by atoms with Gasteiger partial charge in [-0.3, -0.25) is 9.69 Å². The third-order valence-electron chi connectivity index (χ3n) is 9.21. The molecule has 2 aliphatic heterocycles. The van der Waals surface area contributed by atoms with Gasteiger partial charge in [0, 0.05) is 0 Å². The van der Waals surface area contributed by atoms with Crippen molar-refractivity contribution in [2.75, 3.05) is 13.2 Å². The Hall–Kier alpha value is -4.42. The lowest BCUT2D eigenvalue weighted by Crippen LogP contribution is -2.63. The van der Waals surface area contributed by atoms with Crippen LogP contribution in [0.3, 0.4) is 0 Å². The van der Waals surface area contributed by atoms with E-state index in [1.807, 2.05) is 121 Å². The maximum Gasteiger partial charge on any atom is 0.415 e. The zero-order valence-electron chi connectivity index (χ0n) is 29.9. The Morgan fingerprint density at radius 3 is 1.58 bits per heavy atom. The van der Waals surface area contributed by atoms with Crippen molar-refractivity contribution in [1.29, 1.82) is 0 Å². The summed E-state index contributed by atoms with van der Waals surface area (Å²) in [6.07, 6.45) is -5.20. The summed E-state index contributed by atoms with van der Waals surface area (Å²) >= 11 is 0. The molecule has 10 heteroatoms. The zero-order chi connectivity index (χ0) is 36.3. The van der Waals surface area contributed by atoms with Crippen LogP contribution in [-0.4, -0.2) is 72.5 Å². The maximum atomic E-state index is 14.1. The van der Waals surface area contributed by atoms with Gasteiger partial charge in [-0.25, -0.2) is 4.79 Å². The number of ketones is 1. The standard InChI is InChI=1S/C42H47NO9/c1-30(44)35-28-50-42(2,3)43(35)41(45)52-40-39(49-27-34-22-14-7-15-23-34)38(48-26-33-20-12-6-13-21-33)37(47-25-32-18-10-5-11-19-32)36(51-40)29-46-24-31-16-8-4-9-17-31/h4-23,35-40H,24-29H2,1-3H3/t35-,36-,37+,38+,39-,40-/m1/s1. The van der Waals surface area contributed by atoms with Gasteiger partial charge in [0.1, 0.15) is 36.2 Å². The van der Waals surface area contributed by atoms with E-state index in [2.05, 4.69) is 0 Å². The molecule has 0 aromatic heterocycles. The van der Waals surface area contributed by atoms with Crippen LogP contribution >= 0.6 is 0 Å². The molecule has 2 heterocycles. The van der Waals surface area contributed by atoms with Gasteiger partial charge in [-0.05, 0) is 43.0 Å². The fourth-order valence-corrected chi connectivity index (χ4v) is 6.45. The van der Waals surface area contributed by atoms with Gasteiger partial charge >= 0.3 is 6.09 Å². The molecular formula is C42H47NO9. The molecule has 6 atom stereocenters. The van der Waals surface area contributed by atoms with Crippen LogP contribution in [0.15, 0.2) is 121 Å². The van der Waals surface area contributed by atoms with E-state index in [0.29, 0.717) is 6.61 Å². The smallest absolute Gasteiger partial charge is 0.415 e. The molecule has 0 unspecified atom stereocenters. The van der Waals surface area contributed by atoms with E-state index in [1.54, 1.807) is 13.8 Å². The van der Waals surface area contributed by atoms with E-state index in [9.17, 15) is 9.59 Å². The van der Waals surface area contributed by atoms with Crippen molar-refractivity contribution >= 4 is 11.9 Å². The highest BCUT2D eigenvalue weighted by Gasteiger charge is 2.53. The molecule has 2 fully saturated rings. The van der Waals surface area contributed by atoms with E-state index in [0.717, 1.165) is 22.3 Å². The summed E-state index contributed by atoms with van der Waals surface area (Å²) in [6, 6.07) is 38.4. The van der Waals surface area contributed by atoms with Crippen molar-refractivity contribution in [2.24, 2.45) is 0 Å². The number of nitrogens with zero attached hydrogens (tertiary/aromatic N) is 1. The van der Waals surface area contributed by atoms with Gasteiger partial charge in [0.05, 0.1) is 39.6 Å². The molecule has 1 amide bonds. The Labute approximate surface area is 305 Å². The van der Waals surface area contributed by atoms with Crippen molar-refractivity contribution in [1.82, 2.24) is 4.90 Å². The first-order valence-corrected chi connectivity index (χ1v) is 17.7. The van der Waals surface area contributed by atoms with Gasteiger partial charge in [0.2, 0.25) is 6.29 Å². The molecule has 2 aliphatic rings. The molecule has 52 heavy (non-hydrogen) atoms. The number of rotatable bonds is 15. The SMILES string of the molecule is CC(=O)[C@H]1COC(C)(C)N1C(=O)O[C@H]1O[C@H](COCc2ccccc2)[C@H](OCc2ccccc2)[C@H](OCc2ccccc2)[C@H]1OCc1ccccc1. The van der Waals surface area contributed by atoms with Gasteiger partial charge in [-0.1, -0.05) is 121 Å². The molecule has 0 radical (unpaired) electrons. The van der Waals surface area contributed by atoms with Crippen LogP contribution in [0, 0.1) is 0 Å². The van der Waals surface area contributed by atoms with Gasteiger partial charge in [-0.2, -0.15) is 0 Å². The lowest BCUT2D eigenvalue weighted by Gasteiger charge is -2.46. The van der Waals surface area contributed by atoms with Crippen LogP contribution in [0.25, 0.3) is 0 Å². The molecule has 0 aliphatic carbocycles. The largest absolute Gasteiger partial charge is 0.416 e. The van der Waals surface area contributed by atoms with Crippen molar-refractivity contribution < 1.29 is 42.7 Å². The number of Topliss-reactive ketones (excluding diaryl/α,β-unsaturated/α-hetero) is 1. The van der Waals surface area contributed by atoms with Crippen molar-refractivity contribution in [3.63, 3.8) is 0 Å². The fraction of sp³-hybridized carbons (Fsp3) is 0.381. The molecule has 0 N–H and O–H groups in total. The second-order valence-electron chi connectivity index (χ2n) is 13.5. The summed E-state index contributed by atoms with van der Waals surface area (Å²) in [4.78, 5) is 28.0. The summed E-state index contributed by atoms with van der Waals surface area (Å²) in [5, 5.41) is 0. The number of amides is 1. The summed E-state index contributed by atoms with van der Waals surface area (Å²) in [7, 11) is 0. The van der Waals surface area contributed by atoms with Crippen molar-refractivity contribution in [3.8, 4) is 0 Å². The Morgan fingerprint density at radius 2 is 1.10 bits per heavy atom. The normalized spacial score (nSPS) is 24.0. The Bertz CT molecular complexity index is 1690. The molecule has 2 saturated heterocycles. The molecule has 0 spiro atoms. The Morgan fingerprint density at radius 1 is 0.654 bits per heavy atom. The number of carbonyl (C=O) groups is 2. The van der Waals surface area contributed by atoms with Crippen LogP contribution in [-0.2, 0) is 64.4 Å². The first-order valence-electron chi connectivity index (χ1n) is 17.7. The molecule has 6 rings (SSSR count). The highest BCUT2D eigenvalue weighted by molar-refractivity contribution is 5.86. The molecular weight excluding hydrogens is 662 g/mol. The number of benzene rings is 4. The Kier molecular flexibility index (Phi) is 12.8. The highest BCUT2D eigenvalue weighted by Crippen LogP contribution is 2.34. The minimum atomic E-state index is -1.26. The first-order chi connectivity index (χ1) is 25.3. The number of carbonyl (C=O) groups excluding carboxylic acids is 2. The van der Waals surface area contributed by atoms with E-state index < -0.39 is 48.6 Å². The zero-order valence-corrected chi connectivity index (χ0v) is 29.9. The predicted octanol–water partition coefficient (Wildman–Crippen LogP) is 6.85. The average molecular weight is 710 g/mol. The maximum absolute atomic E-state index is 14.1. The highest BCUT2D eigenvalue weighted by atomic mass is 16.7. The van der Waals surface area contributed by atoms with Crippen LogP contribution in [0.1, 0.15) is 43.0 Å². The summed E-state index contributed by atoms with van der Waals surface area (Å²) < 4.78 is 45.0. The summed E-state index contributed by atoms with van der Waals surface area (Å²) in [5.41, 5.74) is 2.73. The second-order valence-corrected chi connectivity index (χ2v) is 13.5. The third kappa shape index (κ3) is 9.71. The number of ether oxygens (including phenoxy) is 7. The molecule has 4 aromatic rings. The second kappa shape index (κ2) is 17.9. The first kappa shape index (κ1) is 37.3. The van der Waals surface area contributed by atoms with E-state index >= 15 is 0 Å². The number of hydrogen-bond donors (Lipinski definition) is 0. The van der Waals surface area contributed by atoms with Crippen molar-refractivity contribution in [3.05, 3.63) is 144 Å².